The van der Waals surface area contributed by atoms with Crippen molar-refractivity contribution in [2.75, 3.05) is 12.0 Å². The summed E-state index contributed by atoms with van der Waals surface area (Å²) in [5.41, 5.74) is -0.504. The molecule has 2 heterocycles. The monoisotopic (exact) mass is 490 g/mol. The Balaban J connectivity index is 1.97. The van der Waals surface area contributed by atoms with E-state index in [2.05, 4.69) is 4.98 Å². The molecule has 1 N–H and O–H groups in total. The van der Waals surface area contributed by atoms with E-state index in [9.17, 15) is 23.5 Å². The normalized spacial score (nSPS) is 17.5. The maximum atomic E-state index is 14.6. The lowest BCUT2D eigenvalue weighted by Crippen LogP contribution is -2.30. The van der Waals surface area contributed by atoms with Crippen LogP contribution in [0.2, 0.25) is 10.0 Å². The van der Waals surface area contributed by atoms with Gasteiger partial charge >= 0.3 is 0 Å². The van der Waals surface area contributed by atoms with Crippen molar-refractivity contribution in [2.45, 2.75) is 6.04 Å². The molecule has 10 heteroatoms. The van der Waals surface area contributed by atoms with Crippen LogP contribution in [0.5, 0.6) is 5.75 Å². The van der Waals surface area contributed by atoms with Crippen LogP contribution in [0.1, 0.15) is 17.3 Å². The fraction of sp³-hybridized carbons (Fsp3) is 0.0870. The molecule has 0 aliphatic carbocycles. The molecular weight excluding hydrogens is 477 g/mol. The molecule has 1 unspecified atom stereocenters. The molecule has 1 amide bonds. The third-order valence-electron chi connectivity index (χ3n) is 5.06. The number of amides is 1. The summed E-state index contributed by atoms with van der Waals surface area (Å²) in [7, 11) is 1.36. The lowest BCUT2D eigenvalue weighted by molar-refractivity contribution is -0.132. The van der Waals surface area contributed by atoms with Crippen LogP contribution in [-0.2, 0) is 9.59 Å². The van der Waals surface area contributed by atoms with Gasteiger partial charge in [0.1, 0.15) is 23.4 Å². The third kappa shape index (κ3) is 3.92. The number of aliphatic hydroxyl groups excluding tert-OH is 1. The van der Waals surface area contributed by atoms with Gasteiger partial charge in [0, 0.05) is 17.8 Å². The second kappa shape index (κ2) is 8.80. The molecule has 1 fully saturated rings. The lowest BCUT2D eigenvalue weighted by Gasteiger charge is -2.25. The number of halogens is 4. The number of aromatic nitrogens is 1. The Morgan fingerprint density at radius 1 is 1.09 bits per heavy atom. The number of hydrogen-bond acceptors (Lipinski definition) is 5. The van der Waals surface area contributed by atoms with E-state index >= 15 is 0 Å². The Morgan fingerprint density at radius 2 is 1.79 bits per heavy atom. The zero-order valence-corrected chi connectivity index (χ0v) is 18.4. The van der Waals surface area contributed by atoms with Crippen LogP contribution in [-0.4, -0.2) is 28.9 Å². The first-order valence-corrected chi connectivity index (χ1v) is 10.2. The Morgan fingerprint density at radius 3 is 2.36 bits per heavy atom. The number of ether oxygens (including phenoxy) is 1. The average molecular weight is 491 g/mol. The van der Waals surface area contributed by atoms with Crippen LogP contribution < -0.4 is 9.64 Å². The number of nitrogens with zero attached hydrogens (tertiary/aromatic N) is 2. The van der Waals surface area contributed by atoms with Crippen molar-refractivity contribution in [3.63, 3.8) is 0 Å². The highest BCUT2D eigenvalue weighted by Gasteiger charge is 2.48. The quantitative estimate of drug-likeness (QED) is 0.305. The molecule has 0 bridgehead atoms. The van der Waals surface area contributed by atoms with Gasteiger partial charge in [0.2, 0.25) is 0 Å². The lowest BCUT2D eigenvalue weighted by atomic mass is 9.98. The van der Waals surface area contributed by atoms with E-state index in [-0.39, 0.29) is 38.3 Å². The third-order valence-corrected chi connectivity index (χ3v) is 5.62. The minimum Gasteiger partial charge on any atom is -0.507 e. The molecule has 33 heavy (non-hydrogen) atoms. The van der Waals surface area contributed by atoms with Gasteiger partial charge in [0.15, 0.2) is 5.75 Å². The molecule has 4 rings (SSSR count). The second-order valence-corrected chi connectivity index (χ2v) is 7.81. The van der Waals surface area contributed by atoms with E-state index < -0.39 is 35.1 Å². The highest BCUT2D eigenvalue weighted by atomic mass is 35.5. The zero-order chi connectivity index (χ0) is 23.9. The van der Waals surface area contributed by atoms with Crippen molar-refractivity contribution >= 4 is 46.3 Å². The fourth-order valence-electron chi connectivity index (χ4n) is 3.62. The highest BCUT2D eigenvalue weighted by Crippen LogP contribution is 2.43. The number of ketones is 1. The number of carbonyl (C=O) groups excluding carboxylic acids is 2. The minimum atomic E-state index is -1.30. The van der Waals surface area contributed by atoms with Gasteiger partial charge in [0.25, 0.3) is 11.7 Å². The Kier molecular flexibility index (Phi) is 6.05. The second-order valence-electron chi connectivity index (χ2n) is 6.99. The van der Waals surface area contributed by atoms with E-state index in [1.807, 2.05) is 0 Å². The van der Waals surface area contributed by atoms with Crippen LogP contribution in [0.3, 0.4) is 0 Å². The summed E-state index contributed by atoms with van der Waals surface area (Å²) in [5, 5.41) is 11.2. The maximum Gasteiger partial charge on any atom is 0.300 e. The minimum absolute atomic E-state index is 0.0318. The van der Waals surface area contributed by atoms with Gasteiger partial charge < -0.3 is 9.84 Å². The Bertz CT molecular complexity index is 1290. The van der Waals surface area contributed by atoms with Gasteiger partial charge in [-0.1, -0.05) is 29.3 Å². The number of methoxy groups -OCH3 is 1. The van der Waals surface area contributed by atoms with Gasteiger partial charge in [-0.15, -0.1) is 0 Å². The molecular formula is C23H14Cl2F2N2O4. The van der Waals surface area contributed by atoms with Crippen molar-refractivity contribution in [1.82, 2.24) is 4.98 Å². The van der Waals surface area contributed by atoms with Crippen molar-refractivity contribution in [3.05, 3.63) is 93.2 Å². The van der Waals surface area contributed by atoms with Crippen LogP contribution in [0.15, 0.2) is 60.3 Å². The first kappa shape index (κ1) is 22.7. The fourth-order valence-corrected chi connectivity index (χ4v) is 4.26. The van der Waals surface area contributed by atoms with Gasteiger partial charge in [0.05, 0.1) is 34.1 Å². The van der Waals surface area contributed by atoms with Gasteiger partial charge in [-0.25, -0.2) is 8.78 Å². The molecule has 1 aliphatic rings. The first-order valence-electron chi connectivity index (χ1n) is 9.45. The molecule has 0 radical (unpaired) electrons. The van der Waals surface area contributed by atoms with Gasteiger partial charge in [-0.05, 0) is 36.4 Å². The maximum absolute atomic E-state index is 14.6. The summed E-state index contributed by atoms with van der Waals surface area (Å²) < 4.78 is 33.2. The van der Waals surface area contributed by atoms with Crippen molar-refractivity contribution in [3.8, 4) is 5.75 Å². The van der Waals surface area contributed by atoms with Crippen molar-refractivity contribution in [2.24, 2.45) is 0 Å². The molecule has 3 aromatic rings. The predicted octanol–water partition coefficient (Wildman–Crippen LogP) is 5.30. The SMILES string of the molecule is COc1c(Cl)cc(/C(O)=C2\C(=O)C(=O)N(c3ccc(F)cc3F)C2c2ccccn2)cc1Cl. The summed E-state index contributed by atoms with van der Waals surface area (Å²) in [5.74, 6) is -4.57. The summed E-state index contributed by atoms with van der Waals surface area (Å²) in [6, 6.07) is 8.61. The summed E-state index contributed by atoms with van der Waals surface area (Å²) >= 11 is 12.3. The number of anilines is 1. The van der Waals surface area contributed by atoms with E-state index in [4.69, 9.17) is 27.9 Å². The van der Waals surface area contributed by atoms with Gasteiger partial charge in [-0.3, -0.25) is 19.5 Å². The van der Waals surface area contributed by atoms with Gasteiger partial charge in [-0.2, -0.15) is 0 Å². The summed E-state index contributed by atoms with van der Waals surface area (Å²) in [4.78, 5) is 31.0. The smallest absolute Gasteiger partial charge is 0.300 e. The van der Waals surface area contributed by atoms with Crippen molar-refractivity contribution in [1.29, 1.82) is 0 Å². The number of benzene rings is 2. The van der Waals surface area contributed by atoms with E-state index in [1.54, 1.807) is 12.1 Å². The molecule has 1 aliphatic heterocycles. The molecule has 0 saturated carbocycles. The summed E-state index contributed by atoms with van der Waals surface area (Å²) in [6.45, 7) is 0. The number of carbonyl (C=O) groups is 2. The van der Waals surface area contributed by atoms with E-state index in [0.29, 0.717) is 6.07 Å². The number of hydrogen-bond donors (Lipinski definition) is 1. The molecule has 6 nitrogen and oxygen atoms in total. The molecule has 1 saturated heterocycles. The molecule has 168 valence electrons. The van der Waals surface area contributed by atoms with E-state index in [1.165, 1.54) is 31.5 Å². The number of rotatable bonds is 4. The van der Waals surface area contributed by atoms with Crippen LogP contribution in [0.4, 0.5) is 14.5 Å². The zero-order valence-electron chi connectivity index (χ0n) is 16.9. The highest BCUT2D eigenvalue weighted by molar-refractivity contribution is 6.51. The van der Waals surface area contributed by atoms with Crippen LogP contribution in [0, 0.1) is 11.6 Å². The standard InChI is InChI=1S/C23H14Cl2F2N2O4/c1-33-22-13(24)8-11(9-14(22)25)20(30)18-19(16-4-2-3-7-28-16)29(23(32)21(18)31)17-6-5-12(26)10-15(17)27/h2-10,19,30H,1H3/b20-18+. The average Bonchev–Trinajstić information content (AvgIpc) is 3.04. The first-order chi connectivity index (χ1) is 15.7. The molecule has 0 spiro atoms. The van der Waals surface area contributed by atoms with Crippen molar-refractivity contribution < 1.29 is 28.2 Å². The molecule has 1 aromatic heterocycles. The van der Waals surface area contributed by atoms with E-state index in [0.717, 1.165) is 17.0 Å². The number of pyridine rings is 1. The predicted molar refractivity (Wildman–Crippen MR) is 118 cm³/mol. The Labute approximate surface area is 196 Å². The van der Waals surface area contributed by atoms with Crippen LogP contribution >= 0.6 is 23.2 Å². The summed E-state index contributed by atoms with van der Waals surface area (Å²) in [6.07, 6.45) is 1.41. The largest absolute Gasteiger partial charge is 0.507 e. The molecule has 2 aromatic carbocycles. The number of Topliss-reactive ketones (excluding diaryl/α,β-unsaturated/α-hetero) is 1. The Hall–Kier alpha value is -3.49. The number of aliphatic hydroxyl groups is 1. The van der Waals surface area contributed by atoms with Crippen LogP contribution in [0.25, 0.3) is 5.76 Å². The molecule has 1 atom stereocenters. The topological polar surface area (TPSA) is 79.7 Å².